The van der Waals surface area contributed by atoms with Crippen LogP contribution in [-0.2, 0) is 9.53 Å². The molecule has 0 radical (unpaired) electrons. The van der Waals surface area contributed by atoms with Gasteiger partial charge in [-0.05, 0) is 67.1 Å². The first-order valence-electron chi connectivity index (χ1n) is 9.15. The molecule has 0 fully saturated rings. The van der Waals surface area contributed by atoms with Gasteiger partial charge in [-0.3, -0.25) is 0 Å². The third kappa shape index (κ3) is 4.47. The van der Waals surface area contributed by atoms with E-state index in [0.717, 1.165) is 11.1 Å². The van der Waals surface area contributed by atoms with Crippen molar-refractivity contribution in [2.24, 2.45) is 4.99 Å². The Morgan fingerprint density at radius 3 is 2.30 bits per heavy atom. The molecule has 4 rings (SSSR count). The second kappa shape index (κ2) is 8.35. The fourth-order valence-corrected chi connectivity index (χ4v) is 2.90. The van der Waals surface area contributed by atoms with Crippen LogP contribution in [0.5, 0.6) is 5.75 Å². The molecule has 148 valence electrons. The molecule has 0 amide bonds. The molecule has 0 aliphatic carbocycles. The number of hydrogen-bond donors (Lipinski definition) is 0. The first-order chi connectivity index (χ1) is 14.5. The lowest BCUT2D eigenvalue weighted by Gasteiger charge is -2.05. The average molecular weight is 418 g/mol. The van der Waals surface area contributed by atoms with Crippen molar-refractivity contribution in [3.8, 4) is 5.75 Å². The second-order valence-corrected chi connectivity index (χ2v) is 7.10. The van der Waals surface area contributed by atoms with Crippen LogP contribution in [0.2, 0.25) is 5.02 Å². The summed E-state index contributed by atoms with van der Waals surface area (Å²) in [6, 6.07) is 20.8. The van der Waals surface area contributed by atoms with Crippen LogP contribution in [0.15, 0.2) is 83.5 Å². The highest BCUT2D eigenvalue weighted by molar-refractivity contribution is 6.30. The van der Waals surface area contributed by atoms with Crippen molar-refractivity contribution in [3.05, 3.63) is 106 Å². The van der Waals surface area contributed by atoms with E-state index in [4.69, 9.17) is 21.1 Å². The van der Waals surface area contributed by atoms with Crippen LogP contribution in [0.4, 0.5) is 0 Å². The monoisotopic (exact) mass is 417 g/mol. The van der Waals surface area contributed by atoms with Crippen LogP contribution >= 0.6 is 11.6 Å². The summed E-state index contributed by atoms with van der Waals surface area (Å²) >= 11 is 5.88. The van der Waals surface area contributed by atoms with Crippen LogP contribution < -0.4 is 4.74 Å². The van der Waals surface area contributed by atoms with Gasteiger partial charge in [-0.2, -0.15) is 0 Å². The molecule has 1 aliphatic rings. The Balaban J connectivity index is 1.48. The minimum absolute atomic E-state index is 0.185. The molecule has 1 heterocycles. The zero-order valence-electron chi connectivity index (χ0n) is 16.0. The number of benzene rings is 3. The van der Waals surface area contributed by atoms with E-state index < -0.39 is 11.9 Å². The van der Waals surface area contributed by atoms with Gasteiger partial charge in [-0.25, -0.2) is 14.6 Å². The largest absolute Gasteiger partial charge is 0.423 e. The van der Waals surface area contributed by atoms with Crippen LogP contribution in [0, 0.1) is 6.92 Å². The molecule has 3 aromatic carbocycles. The molecular weight excluding hydrogens is 402 g/mol. The van der Waals surface area contributed by atoms with Crippen molar-refractivity contribution in [2.75, 3.05) is 0 Å². The van der Waals surface area contributed by atoms with Crippen molar-refractivity contribution in [1.29, 1.82) is 0 Å². The number of nitrogens with zero attached hydrogens (tertiary/aromatic N) is 1. The summed E-state index contributed by atoms with van der Waals surface area (Å²) in [7, 11) is 0. The zero-order chi connectivity index (χ0) is 21.1. The molecule has 0 atom stereocenters. The number of rotatable bonds is 4. The lowest BCUT2D eigenvalue weighted by molar-refractivity contribution is -0.129. The van der Waals surface area contributed by atoms with E-state index in [1.165, 1.54) is 0 Å². The zero-order valence-corrected chi connectivity index (χ0v) is 16.7. The standard InChI is InChI=1S/C24H16ClNO4/c1-15-2-6-18(7-3-15)23(27)29-20-12-4-16(5-13-20)14-21-24(28)30-22(26-21)17-8-10-19(25)11-9-17/h2-14H,1H3/b21-14+. The molecule has 0 N–H and O–H groups in total. The van der Waals surface area contributed by atoms with Crippen molar-refractivity contribution in [3.63, 3.8) is 0 Å². The van der Waals surface area contributed by atoms with E-state index >= 15 is 0 Å². The van der Waals surface area contributed by atoms with Crippen molar-refractivity contribution in [1.82, 2.24) is 0 Å². The number of cyclic esters (lactones) is 1. The van der Waals surface area contributed by atoms with Crippen molar-refractivity contribution >= 4 is 35.5 Å². The predicted molar refractivity (Wildman–Crippen MR) is 115 cm³/mol. The number of aliphatic imine (C=N–C) groups is 1. The maximum atomic E-state index is 12.2. The summed E-state index contributed by atoms with van der Waals surface area (Å²) in [6.45, 7) is 1.95. The van der Waals surface area contributed by atoms with Gasteiger partial charge in [-0.1, -0.05) is 41.4 Å². The molecule has 0 aromatic heterocycles. The number of halogens is 1. The normalized spacial score (nSPS) is 14.4. The Labute approximate surface area is 178 Å². The maximum absolute atomic E-state index is 12.2. The number of carbonyl (C=O) groups is 2. The minimum atomic E-state index is -0.533. The minimum Gasteiger partial charge on any atom is -0.423 e. The molecule has 0 unspecified atom stereocenters. The summed E-state index contributed by atoms with van der Waals surface area (Å²) in [5.41, 5.74) is 3.11. The summed E-state index contributed by atoms with van der Waals surface area (Å²) in [6.07, 6.45) is 1.61. The van der Waals surface area contributed by atoms with Crippen LogP contribution in [0.25, 0.3) is 6.08 Å². The Morgan fingerprint density at radius 2 is 1.63 bits per heavy atom. The van der Waals surface area contributed by atoms with Crippen LogP contribution in [-0.4, -0.2) is 17.8 Å². The Kier molecular flexibility index (Phi) is 5.46. The Bertz CT molecular complexity index is 1160. The number of esters is 2. The number of ether oxygens (including phenoxy) is 2. The second-order valence-electron chi connectivity index (χ2n) is 6.67. The van der Waals surface area contributed by atoms with E-state index in [-0.39, 0.29) is 11.6 Å². The molecule has 3 aromatic rings. The van der Waals surface area contributed by atoms with E-state index in [1.54, 1.807) is 66.7 Å². The highest BCUT2D eigenvalue weighted by atomic mass is 35.5. The Morgan fingerprint density at radius 1 is 0.967 bits per heavy atom. The third-order valence-corrected chi connectivity index (χ3v) is 4.64. The molecule has 0 spiro atoms. The molecule has 6 heteroatoms. The van der Waals surface area contributed by atoms with Gasteiger partial charge in [-0.15, -0.1) is 0 Å². The van der Waals surface area contributed by atoms with E-state index in [9.17, 15) is 9.59 Å². The van der Waals surface area contributed by atoms with E-state index in [0.29, 0.717) is 21.9 Å². The van der Waals surface area contributed by atoms with Gasteiger partial charge in [0.1, 0.15) is 5.75 Å². The van der Waals surface area contributed by atoms with E-state index in [1.807, 2.05) is 19.1 Å². The fraction of sp³-hybridized carbons (Fsp3) is 0.0417. The van der Waals surface area contributed by atoms with Gasteiger partial charge in [0.2, 0.25) is 5.90 Å². The number of aryl methyl sites for hydroxylation is 1. The van der Waals surface area contributed by atoms with Gasteiger partial charge in [0.05, 0.1) is 5.56 Å². The lowest BCUT2D eigenvalue weighted by Crippen LogP contribution is -2.08. The molecule has 0 bridgehead atoms. The number of hydrogen-bond acceptors (Lipinski definition) is 5. The van der Waals surface area contributed by atoms with Gasteiger partial charge < -0.3 is 9.47 Å². The van der Waals surface area contributed by atoms with Crippen molar-refractivity contribution in [2.45, 2.75) is 6.92 Å². The molecule has 0 saturated heterocycles. The summed E-state index contributed by atoms with van der Waals surface area (Å²) in [4.78, 5) is 28.6. The molecule has 0 saturated carbocycles. The lowest BCUT2D eigenvalue weighted by atomic mass is 10.1. The molecule has 1 aliphatic heterocycles. The number of carbonyl (C=O) groups excluding carboxylic acids is 2. The van der Waals surface area contributed by atoms with Crippen LogP contribution in [0.1, 0.15) is 27.0 Å². The maximum Gasteiger partial charge on any atom is 0.363 e. The van der Waals surface area contributed by atoms with Crippen LogP contribution in [0.3, 0.4) is 0 Å². The summed E-state index contributed by atoms with van der Waals surface area (Å²) in [5.74, 6) is -0.332. The van der Waals surface area contributed by atoms with Gasteiger partial charge in [0.15, 0.2) is 5.70 Å². The SMILES string of the molecule is Cc1ccc(C(=O)Oc2ccc(/C=C3/N=C(c4ccc(Cl)cc4)OC3=O)cc2)cc1. The van der Waals surface area contributed by atoms with E-state index in [2.05, 4.69) is 4.99 Å². The molecule has 30 heavy (non-hydrogen) atoms. The highest BCUT2D eigenvalue weighted by Crippen LogP contribution is 2.22. The first-order valence-corrected chi connectivity index (χ1v) is 9.53. The molecular formula is C24H16ClNO4. The third-order valence-electron chi connectivity index (χ3n) is 4.39. The topological polar surface area (TPSA) is 65.0 Å². The highest BCUT2D eigenvalue weighted by Gasteiger charge is 2.24. The van der Waals surface area contributed by atoms with Gasteiger partial charge in [0, 0.05) is 10.6 Å². The fourth-order valence-electron chi connectivity index (χ4n) is 2.77. The molecule has 5 nitrogen and oxygen atoms in total. The van der Waals surface area contributed by atoms with Gasteiger partial charge in [0.25, 0.3) is 0 Å². The first kappa shape index (κ1) is 19.6. The smallest absolute Gasteiger partial charge is 0.363 e. The quantitative estimate of drug-likeness (QED) is 0.332. The van der Waals surface area contributed by atoms with Crippen molar-refractivity contribution < 1.29 is 19.1 Å². The summed E-state index contributed by atoms with van der Waals surface area (Å²) < 4.78 is 10.6. The predicted octanol–water partition coefficient (Wildman–Crippen LogP) is 5.21. The average Bonchev–Trinajstić information content (AvgIpc) is 3.10. The Hall–Kier alpha value is -3.70. The van der Waals surface area contributed by atoms with Gasteiger partial charge >= 0.3 is 11.9 Å². The summed E-state index contributed by atoms with van der Waals surface area (Å²) in [5, 5.41) is 0.586.